The molecule has 6 heteroatoms. The average molecular weight is 403 g/mol. The lowest BCUT2D eigenvalue weighted by molar-refractivity contribution is 0.184. The van der Waals surface area contributed by atoms with Crippen LogP contribution in [0.15, 0.2) is 30.3 Å². The molecule has 0 atom stereocenters. The first-order valence-electron chi connectivity index (χ1n) is 11.1. The molecule has 1 fully saturated rings. The van der Waals surface area contributed by atoms with E-state index < -0.39 is 0 Å². The fraction of sp³-hybridized carbons (Fsp3) is 0.417. The number of H-pyrrole nitrogens is 2. The molecule has 1 aliphatic carbocycles. The SMILES string of the molecule is CCc1nc2nc(N)cc(-c3cc4cc(CN(C)C5CCCCC5)ccc4[nH]3)c2[nH]1. The van der Waals surface area contributed by atoms with E-state index in [9.17, 15) is 0 Å². The second kappa shape index (κ2) is 7.76. The maximum atomic E-state index is 6.07. The van der Waals surface area contributed by atoms with Gasteiger partial charge in [-0.05, 0) is 49.7 Å². The molecule has 0 radical (unpaired) electrons. The van der Waals surface area contributed by atoms with Gasteiger partial charge in [0.2, 0.25) is 0 Å². The molecule has 1 aromatic carbocycles. The van der Waals surface area contributed by atoms with Crippen molar-refractivity contribution in [3.05, 3.63) is 41.7 Å². The zero-order valence-corrected chi connectivity index (χ0v) is 17.8. The summed E-state index contributed by atoms with van der Waals surface area (Å²) in [5, 5.41) is 1.22. The third-order valence-electron chi connectivity index (χ3n) is 6.47. The van der Waals surface area contributed by atoms with Gasteiger partial charge < -0.3 is 15.7 Å². The van der Waals surface area contributed by atoms with Crippen molar-refractivity contribution in [1.82, 2.24) is 24.8 Å². The number of hydrogen-bond acceptors (Lipinski definition) is 4. The Balaban J connectivity index is 1.47. The Kier molecular flexibility index (Phi) is 4.95. The molecule has 3 aromatic heterocycles. The number of rotatable bonds is 5. The molecule has 5 rings (SSSR count). The van der Waals surface area contributed by atoms with Crippen molar-refractivity contribution in [2.24, 2.45) is 0 Å². The maximum Gasteiger partial charge on any atom is 0.180 e. The predicted octanol–water partition coefficient (Wildman–Crippen LogP) is 5.02. The molecular weight excluding hydrogens is 372 g/mol. The second-order valence-corrected chi connectivity index (χ2v) is 8.64. The van der Waals surface area contributed by atoms with Crippen molar-refractivity contribution < 1.29 is 0 Å². The van der Waals surface area contributed by atoms with Crippen LogP contribution in [0, 0.1) is 0 Å². The number of imidazole rings is 1. The molecule has 0 aliphatic heterocycles. The molecular formula is C24H30N6. The van der Waals surface area contributed by atoms with Crippen LogP contribution in [0.4, 0.5) is 5.82 Å². The number of fused-ring (bicyclic) bond motifs is 2. The molecule has 4 N–H and O–H groups in total. The first-order valence-corrected chi connectivity index (χ1v) is 11.1. The van der Waals surface area contributed by atoms with E-state index in [1.54, 1.807) is 0 Å². The summed E-state index contributed by atoms with van der Waals surface area (Å²) in [6.45, 7) is 3.07. The monoisotopic (exact) mass is 402 g/mol. The van der Waals surface area contributed by atoms with Crippen LogP contribution in [0.2, 0.25) is 0 Å². The summed E-state index contributed by atoms with van der Waals surface area (Å²) in [5.74, 6) is 1.41. The molecule has 1 saturated carbocycles. The van der Waals surface area contributed by atoms with Gasteiger partial charge in [-0.25, -0.2) is 9.97 Å². The standard InChI is InChI=1S/C24H30N6/c1-3-22-28-23-18(13-21(25)27-24(23)29-22)20-12-16-11-15(9-10-19(16)26-20)14-30(2)17-7-5-4-6-8-17/h9-13,17,26H,3-8,14H2,1-2H3,(H3,25,27,28,29). The summed E-state index contributed by atoms with van der Waals surface area (Å²) < 4.78 is 0. The summed E-state index contributed by atoms with van der Waals surface area (Å²) in [6, 6.07) is 11.6. The number of pyridine rings is 1. The van der Waals surface area contributed by atoms with Crippen LogP contribution in [0.3, 0.4) is 0 Å². The normalized spacial score (nSPS) is 15.6. The van der Waals surface area contributed by atoms with Crippen molar-refractivity contribution in [2.45, 2.75) is 58.0 Å². The van der Waals surface area contributed by atoms with Crippen molar-refractivity contribution in [3.63, 3.8) is 0 Å². The van der Waals surface area contributed by atoms with Gasteiger partial charge >= 0.3 is 0 Å². The summed E-state index contributed by atoms with van der Waals surface area (Å²) in [5.41, 5.74) is 12.2. The number of anilines is 1. The quantitative estimate of drug-likeness (QED) is 0.438. The average Bonchev–Trinajstić information content (AvgIpc) is 3.37. The number of nitrogen functional groups attached to an aromatic ring is 1. The third kappa shape index (κ3) is 3.56. The van der Waals surface area contributed by atoms with Crippen molar-refractivity contribution in [2.75, 3.05) is 12.8 Å². The smallest absolute Gasteiger partial charge is 0.180 e. The number of benzene rings is 1. The van der Waals surface area contributed by atoms with Crippen LogP contribution in [-0.2, 0) is 13.0 Å². The number of aryl methyl sites for hydroxylation is 1. The van der Waals surface area contributed by atoms with E-state index in [0.29, 0.717) is 11.5 Å². The molecule has 0 saturated heterocycles. The Bertz CT molecular complexity index is 1180. The summed E-state index contributed by atoms with van der Waals surface area (Å²) in [6.07, 6.45) is 7.62. The van der Waals surface area contributed by atoms with Gasteiger partial charge in [0.25, 0.3) is 0 Å². The molecule has 1 aliphatic rings. The van der Waals surface area contributed by atoms with Crippen molar-refractivity contribution in [1.29, 1.82) is 0 Å². The van der Waals surface area contributed by atoms with Crippen LogP contribution >= 0.6 is 0 Å². The van der Waals surface area contributed by atoms with Crippen LogP contribution in [0.5, 0.6) is 0 Å². The zero-order chi connectivity index (χ0) is 20.7. The van der Waals surface area contributed by atoms with Crippen LogP contribution in [-0.4, -0.2) is 37.9 Å². The number of nitrogens with two attached hydrogens (primary N) is 1. The predicted molar refractivity (Wildman–Crippen MR) is 123 cm³/mol. The van der Waals surface area contributed by atoms with E-state index in [1.165, 1.54) is 43.1 Å². The molecule has 156 valence electrons. The number of nitrogens with zero attached hydrogens (tertiary/aromatic N) is 3. The summed E-state index contributed by atoms with van der Waals surface area (Å²) in [7, 11) is 2.27. The third-order valence-corrected chi connectivity index (χ3v) is 6.47. The lowest BCUT2D eigenvalue weighted by atomic mass is 9.94. The molecule has 0 unspecified atom stereocenters. The van der Waals surface area contributed by atoms with Crippen LogP contribution < -0.4 is 5.73 Å². The number of aromatic amines is 2. The lowest BCUT2D eigenvalue weighted by Crippen LogP contribution is -2.32. The van der Waals surface area contributed by atoms with Gasteiger partial charge in [-0.15, -0.1) is 0 Å². The minimum absolute atomic E-state index is 0.486. The van der Waals surface area contributed by atoms with Gasteiger partial charge in [-0.2, -0.15) is 0 Å². The van der Waals surface area contributed by atoms with E-state index >= 15 is 0 Å². The Morgan fingerprint density at radius 3 is 2.70 bits per heavy atom. The molecule has 3 heterocycles. The zero-order valence-electron chi connectivity index (χ0n) is 17.8. The lowest BCUT2D eigenvalue weighted by Gasteiger charge is -2.31. The fourth-order valence-electron chi connectivity index (χ4n) is 4.80. The van der Waals surface area contributed by atoms with E-state index in [0.717, 1.165) is 47.1 Å². The molecule has 0 amide bonds. The first-order chi connectivity index (χ1) is 14.6. The van der Waals surface area contributed by atoms with Gasteiger partial charge in [0.1, 0.15) is 11.6 Å². The Hall–Kier alpha value is -2.86. The summed E-state index contributed by atoms with van der Waals surface area (Å²) >= 11 is 0. The topological polar surface area (TPSA) is 86.6 Å². The Morgan fingerprint density at radius 2 is 1.90 bits per heavy atom. The molecule has 4 aromatic rings. The minimum atomic E-state index is 0.486. The molecule has 0 spiro atoms. The molecule has 6 nitrogen and oxygen atoms in total. The highest BCUT2D eigenvalue weighted by molar-refractivity contribution is 5.95. The summed E-state index contributed by atoms with van der Waals surface area (Å²) in [4.78, 5) is 18.4. The van der Waals surface area contributed by atoms with Gasteiger partial charge in [-0.1, -0.05) is 32.3 Å². The highest BCUT2D eigenvalue weighted by atomic mass is 15.1. The van der Waals surface area contributed by atoms with E-state index in [-0.39, 0.29) is 0 Å². The number of aromatic nitrogens is 4. The number of nitrogens with one attached hydrogen (secondary N) is 2. The van der Waals surface area contributed by atoms with E-state index in [4.69, 9.17) is 5.73 Å². The Labute approximate surface area is 176 Å². The van der Waals surface area contributed by atoms with Crippen LogP contribution in [0.1, 0.15) is 50.4 Å². The van der Waals surface area contributed by atoms with E-state index in [1.807, 2.05) is 6.07 Å². The highest BCUT2D eigenvalue weighted by Crippen LogP contribution is 2.31. The van der Waals surface area contributed by atoms with Crippen molar-refractivity contribution in [3.8, 4) is 11.3 Å². The minimum Gasteiger partial charge on any atom is -0.384 e. The van der Waals surface area contributed by atoms with Gasteiger partial charge in [-0.3, -0.25) is 4.90 Å². The fourth-order valence-corrected chi connectivity index (χ4v) is 4.80. The largest absolute Gasteiger partial charge is 0.384 e. The van der Waals surface area contributed by atoms with E-state index in [2.05, 4.69) is 63.1 Å². The van der Waals surface area contributed by atoms with Gasteiger partial charge in [0.15, 0.2) is 5.65 Å². The maximum absolute atomic E-state index is 6.07. The highest BCUT2D eigenvalue weighted by Gasteiger charge is 2.18. The number of hydrogen-bond donors (Lipinski definition) is 3. The first kappa shape index (κ1) is 19.1. The van der Waals surface area contributed by atoms with Gasteiger partial charge in [0, 0.05) is 41.2 Å². The van der Waals surface area contributed by atoms with Gasteiger partial charge in [0.05, 0.1) is 5.52 Å². The second-order valence-electron chi connectivity index (χ2n) is 8.64. The molecule has 0 bridgehead atoms. The van der Waals surface area contributed by atoms with Crippen LogP contribution in [0.25, 0.3) is 33.3 Å². The Morgan fingerprint density at radius 1 is 1.07 bits per heavy atom. The molecule has 30 heavy (non-hydrogen) atoms. The van der Waals surface area contributed by atoms with Crippen molar-refractivity contribution >= 4 is 27.9 Å².